The number of allylic oxidation sites excluding steroid dienone is 2. The number of halogens is 1. The van der Waals surface area contributed by atoms with Crippen LogP contribution in [-0.2, 0) is 0 Å². The van der Waals surface area contributed by atoms with Gasteiger partial charge in [-0.3, -0.25) is 5.32 Å². The minimum Gasteiger partial charge on any atom is -0.489 e. The van der Waals surface area contributed by atoms with E-state index in [1.54, 1.807) is 6.07 Å². The minimum atomic E-state index is -0.678. The number of hydrogen-bond donors (Lipinski definition) is 2. The molecule has 2 radical (unpaired) electrons. The Kier molecular flexibility index (Phi) is 8.33. The van der Waals surface area contributed by atoms with Crippen molar-refractivity contribution >= 4 is 13.3 Å². The number of benzene rings is 1. The molecule has 0 aliphatic heterocycles. The number of aliphatic hydroxyl groups excluding tert-OH is 1. The Morgan fingerprint density at radius 1 is 1.26 bits per heavy atom. The van der Waals surface area contributed by atoms with Crippen molar-refractivity contribution < 1.29 is 14.2 Å². The molecule has 5 heteroatoms. The quantitative estimate of drug-likeness (QED) is 0.544. The summed E-state index contributed by atoms with van der Waals surface area (Å²) < 4.78 is 19.1. The maximum atomic E-state index is 13.4. The summed E-state index contributed by atoms with van der Waals surface area (Å²) in [6, 6.07) is 4.19. The highest BCUT2D eigenvalue weighted by molar-refractivity contribution is 6.32. The van der Waals surface area contributed by atoms with Gasteiger partial charge in [0.2, 0.25) is 0 Å². The molecule has 27 heavy (non-hydrogen) atoms. The fourth-order valence-electron chi connectivity index (χ4n) is 2.91. The second kappa shape index (κ2) is 10.5. The Balaban J connectivity index is 1.99. The molecule has 0 aromatic heterocycles. The summed E-state index contributed by atoms with van der Waals surface area (Å²) in [5, 5.41) is 13.7. The van der Waals surface area contributed by atoms with Crippen LogP contribution < -0.4 is 15.5 Å². The lowest BCUT2D eigenvalue weighted by Gasteiger charge is -2.19. The Morgan fingerprint density at radius 3 is 2.74 bits per heavy atom. The van der Waals surface area contributed by atoms with Gasteiger partial charge >= 0.3 is 0 Å². The van der Waals surface area contributed by atoms with Gasteiger partial charge in [0.15, 0.2) is 0 Å². The van der Waals surface area contributed by atoms with Gasteiger partial charge in [-0.05, 0) is 61.9 Å². The molecule has 3 nitrogen and oxygen atoms in total. The van der Waals surface area contributed by atoms with Gasteiger partial charge in [-0.1, -0.05) is 43.1 Å². The number of aliphatic hydroxyl groups is 1. The maximum absolute atomic E-state index is 13.4. The molecule has 0 saturated carbocycles. The van der Waals surface area contributed by atoms with Crippen LogP contribution in [-0.4, -0.2) is 32.3 Å². The monoisotopic (exact) mass is 369 g/mol. The molecule has 0 amide bonds. The second-order valence-corrected chi connectivity index (χ2v) is 7.43. The summed E-state index contributed by atoms with van der Waals surface area (Å²) in [6.45, 7) is 7.48. The van der Waals surface area contributed by atoms with Crippen molar-refractivity contribution in [3.63, 3.8) is 0 Å². The number of nitrogens with one attached hydrogen (secondary N) is 1. The highest BCUT2D eigenvalue weighted by Gasteiger charge is 2.13. The van der Waals surface area contributed by atoms with Gasteiger partial charge in [0.1, 0.15) is 32.2 Å². The molecule has 0 spiro atoms. The summed E-state index contributed by atoms with van der Waals surface area (Å²) >= 11 is 0. The Bertz CT molecular complexity index is 705. The predicted molar refractivity (Wildman–Crippen MR) is 110 cm³/mol. The van der Waals surface area contributed by atoms with Gasteiger partial charge in [-0.15, -0.1) is 0 Å². The molecule has 1 atom stereocenters. The van der Waals surface area contributed by atoms with Crippen LogP contribution in [0.25, 0.3) is 0 Å². The zero-order chi connectivity index (χ0) is 19.8. The van der Waals surface area contributed by atoms with Crippen LogP contribution in [0.1, 0.15) is 40.0 Å². The molecule has 0 bridgehead atoms. The molecule has 2 N–H and O–H groups in total. The van der Waals surface area contributed by atoms with E-state index in [0.29, 0.717) is 23.7 Å². The van der Waals surface area contributed by atoms with Crippen molar-refractivity contribution in [2.75, 3.05) is 13.2 Å². The summed E-state index contributed by atoms with van der Waals surface area (Å²) in [7, 11) is 5.65. The van der Waals surface area contributed by atoms with Crippen LogP contribution in [0.5, 0.6) is 5.75 Å². The molecule has 1 aromatic rings. The second-order valence-electron chi connectivity index (χ2n) is 7.43. The molecular weight excluding hydrogens is 340 g/mol. The Hall–Kier alpha value is -1.85. The first-order valence-electron chi connectivity index (χ1n) is 9.52. The fourth-order valence-corrected chi connectivity index (χ4v) is 2.91. The van der Waals surface area contributed by atoms with Crippen LogP contribution in [0.15, 0.2) is 53.1 Å². The van der Waals surface area contributed by atoms with E-state index in [1.165, 1.54) is 17.7 Å². The van der Waals surface area contributed by atoms with Crippen molar-refractivity contribution in [1.82, 2.24) is 5.32 Å². The normalized spacial score (nSPS) is 16.1. The fraction of sp³-hybridized carbons (Fsp3) is 0.455. The van der Waals surface area contributed by atoms with Crippen molar-refractivity contribution in [3.8, 4) is 5.75 Å². The minimum absolute atomic E-state index is 0.322. The van der Waals surface area contributed by atoms with Gasteiger partial charge in [-0.2, -0.15) is 0 Å². The van der Waals surface area contributed by atoms with Gasteiger partial charge in [-0.25, -0.2) is 4.39 Å². The molecule has 0 fully saturated rings. The summed E-state index contributed by atoms with van der Waals surface area (Å²) in [6.07, 6.45) is 8.08. The Morgan fingerprint density at radius 2 is 2.04 bits per heavy atom. The van der Waals surface area contributed by atoms with Crippen LogP contribution in [0.4, 0.5) is 4.39 Å². The molecule has 1 unspecified atom stereocenters. The van der Waals surface area contributed by atoms with Gasteiger partial charge in [0.05, 0.1) is 0 Å². The molecule has 2 rings (SSSR count). The van der Waals surface area contributed by atoms with Crippen molar-refractivity contribution in [2.45, 2.75) is 46.3 Å². The highest BCUT2D eigenvalue weighted by Crippen LogP contribution is 2.21. The SMILES string of the molecule is [B]c1cc(F)cc(OCC2=CCCC(C)=C(C(O)NCCC(C)C)C=C2)c1. The van der Waals surface area contributed by atoms with Gasteiger partial charge in [0, 0.05) is 6.07 Å². The number of rotatable bonds is 8. The average molecular weight is 369 g/mol. The lowest BCUT2D eigenvalue weighted by atomic mass is 9.96. The van der Waals surface area contributed by atoms with Crippen LogP contribution >= 0.6 is 0 Å². The first kappa shape index (κ1) is 21.5. The largest absolute Gasteiger partial charge is 0.489 e. The van der Waals surface area contributed by atoms with Crippen LogP contribution in [0.3, 0.4) is 0 Å². The van der Waals surface area contributed by atoms with Crippen LogP contribution in [0.2, 0.25) is 0 Å². The molecule has 144 valence electrons. The van der Waals surface area contributed by atoms with Gasteiger partial charge in [0.25, 0.3) is 0 Å². The van der Waals surface area contributed by atoms with Gasteiger partial charge < -0.3 is 9.84 Å². The first-order valence-corrected chi connectivity index (χ1v) is 9.52. The van der Waals surface area contributed by atoms with Crippen molar-refractivity contribution in [3.05, 3.63) is 59.0 Å². The first-order chi connectivity index (χ1) is 12.8. The van der Waals surface area contributed by atoms with E-state index in [0.717, 1.165) is 37.0 Å². The van der Waals surface area contributed by atoms with E-state index in [2.05, 4.69) is 32.2 Å². The van der Waals surface area contributed by atoms with E-state index < -0.39 is 12.0 Å². The van der Waals surface area contributed by atoms with E-state index in [1.807, 2.05) is 12.2 Å². The summed E-state index contributed by atoms with van der Waals surface area (Å²) in [5.74, 6) is 0.589. The maximum Gasteiger partial charge on any atom is 0.131 e. The summed E-state index contributed by atoms with van der Waals surface area (Å²) in [5.41, 5.74) is 3.39. The third-order valence-electron chi connectivity index (χ3n) is 4.55. The smallest absolute Gasteiger partial charge is 0.131 e. The molecule has 0 saturated heterocycles. The number of ether oxygens (including phenoxy) is 1. The standard InChI is InChI=1S/C22H29BFNO2/c1-15(2)9-10-25-22(26)21-8-7-17(6-4-5-16(21)3)14-27-20-12-18(23)11-19(24)13-20/h6-8,11-13,15,22,25-26H,4-5,9-10,14H2,1-3H3. The molecule has 1 aliphatic rings. The van der Waals surface area contributed by atoms with E-state index in [9.17, 15) is 9.50 Å². The highest BCUT2D eigenvalue weighted by atomic mass is 19.1. The van der Waals surface area contributed by atoms with E-state index >= 15 is 0 Å². The van der Waals surface area contributed by atoms with Crippen molar-refractivity contribution in [1.29, 1.82) is 0 Å². The molecular formula is C22H29BFNO2. The zero-order valence-corrected chi connectivity index (χ0v) is 16.5. The van der Waals surface area contributed by atoms with Crippen LogP contribution in [0, 0.1) is 11.7 Å². The van der Waals surface area contributed by atoms with E-state index in [4.69, 9.17) is 12.6 Å². The molecule has 0 heterocycles. The third kappa shape index (κ3) is 7.35. The lowest BCUT2D eigenvalue weighted by Crippen LogP contribution is -2.32. The Labute approximate surface area is 163 Å². The summed E-state index contributed by atoms with van der Waals surface area (Å²) in [4.78, 5) is 0. The zero-order valence-electron chi connectivity index (χ0n) is 16.5. The average Bonchev–Trinajstić information content (AvgIpc) is 2.56. The topological polar surface area (TPSA) is 41.5 Å². The predicted octanol–water partition coefficient (Wildman–Crippen LogP) is 3.55. The number of hydrogen-bond acceptors (Lipinski definition) is 3. The van der Waals surface area contributed by atoms with E-state index in [-0.39, 0.29) is 0 Å². The lowest BCUT2D eigenvalue weighted by molar-refractivity contribution is 0.173. The molecule has 1 aromatic carbocycles. The van der Waals surface area contributed by atoms with Crippen molar-refractivity contribution in [2.24, 2.45) is 5.92 Å². The molecule has 1 aliphatic carbocycles. The third-order valence-corrected chi connectivity index (χ3v) is 4.55.